The molecule has 18 heavy (non-hydrogen) atoms. The summed E-state index contributed by atoms with van der Waals surface area (Å²) in [7, 11) is 0. The monoisotopic (exact) mass is 273 g/mol. The molecule has 2 atom stereocenters. The number of hydrogen-bond donors (Lipinski definition) is 1. The largest absolute Gasteiger partial charge is 0.481 e. The molecule has 1 saturated heterocycles. The number of nitrogens with zero attached hydrogens (tertiary/aromatic N) is 1. The van der Waals surface area contributed by atoms with E-state index in [1.165, 1.54) is 0 Å². The quantitative estimate of drug-likeness (QED) is 0.853. The number of amides is 1. The van der Waals surface area contributed by atoms with Crippen molar-refractivity contribution in [2.45, 2.75) is 51.0 Å². The Bertz CT molecular complexity index is 320. The summed E-state index contributed by atoms with van der Waals surface area (Å²) >= 11 is 1.90. The molecule has 104 valence electrons. The van der Waals surface area contributed by atoms with Crippen LogP contribution in [0.2, 0.25) is 0 Å². The summed E-state index contributed by atoms with van der Waals surface area (Å²) in [5.41, 5.74) is -0.472. The van der Waals surface area contributed by atoms with Gasteiger partial charge in [-0.2, -0.15) is 11.8 Å². The zero-order valence-electron chi connectivity index (χ0n) is 11.6. The molecule has 0 aliphatic carbocycles. The number of carboxylic acid groups (broad SMARTS) is 1. The maximum atomic E-state index is 12.2. The smallest absolute Gasteiger partial charge is 0.303 e. The van der Waals surface area contributed by atoms with Gasteiger partial charge in [0.1, 0.15) is 0 Å². The van der Waals surface area contributed by atoms with Gasteiger partial charge in [0, 0.05) is 30.0 Å². The molecule has 0 saturated carbocycles. The summed E-state index contributed by atoms with van der Waals surface area (Å²) in [6.07, 6.45) is 0.343. The van der Waals surface area contributed by atoms with Gasteiger partial charge in [0.2, 0.25) is 5.91 Å². The normalized spacial score (nSPS) is 25.0. The minimum absolute atomic E-state index is 0.0342. The summed E-state index contributed by atoms with van der Waals surface area (Å²) < 4.78 is 0. The van der Waals surface area contributed by atoms with E-state index in [1.807, 2.05) is 30.5 Å². The average Bonchev–Trinajstić information content (AvgIpc) is 2.12. The first kappa shape index (κ1) is 15.3. The Morgan fingerprint density at radius 1 is 1.22 bits per heavy atom. The van der Waals surface area contributed by atoms with Gasteiger partial charge < -0.3 is 10.0 Å². The predicted octanol–water partition coefficient (Wildman–Crippen LogP) is 2.23. The van der Waals surface area contributed by atoms with Gasteiger partial charge in [-0.15, -0.1) is 0 Å². The Kier molecular flexibility index (Phi) is 5.08. The van der Waals surface area contributed by atoms with Gasteiger partial charge in [-0.05, 0) is 5.41 Å². The van der Waals surface area contributed by atoms with E-state index in [1.54, 1.807) is 0 Å². The van der Waals surface area contributed by atoms with Crippen molar-refractivity contribution in [3.05, 3.63) is 0 Å². The second-order valence-corrected chi connectivity index (χ2v) is 7.85. The molecule has 2 unspecified atom stereocenters. The average molecular weight is 273 g/mol. The maximum Gasteiger partial charge on any atom is 0.303 e. The van der Waals surface area contributed by atoms with Crippen molar-refractivity contribution in [1.82, 2.24) is 4.90 Å². The highest BCUT2D eigenvalue weighted by molar-refractivity contribution is 8.00. The van der Waals surface area contributed by atoms with Crippen molar-refractivity contribution in [1.29, 1.82) is 0 Å². The Morgan fingerprint density at radius 3 is 2.17 bits per heavy atom. The topological polar surface area (TPSA) is 57.6 Å². The molecular formula is C13H23NO3S. The van der Waals surface area contributed by atoms with Crippen LogP contribution in [0.3, 0.4) is 0 Å². The van der Waals surface area contributed by atoms with E-state index >= 15 is 0 Å². The lowest BCUT2D eigenvalue weighted by molar-refractivity contribution is -0.140. The van der Waals surface area contributed by atoms with Crippen LogP contribution in [0.15, 0.2) is 0 Å². The highest BCUT2D eigenvalue weighted by Gasteiger charge is 2.31. The van der Waals surface area contributed by atoms with Gasteiger partial charge in [-0.3, -0.25) is 9.59 Å². The van der Waals surface area contributed by atoms with E-state index in [9.17, 15) is 9.59 Å². The molecule has 1 aliphatic heterocycles. The lowest BCUT2D eigenvalue weighted by Crippen LogP contribution is -2.45. The van der Waals surface area contributed by atoms with Crippen molar-refractivity contribution in [2.75, 3.05) is 13.1 Å². The van der Waals surface area contributed by atoms with Gasteiger partial charge in [-0.25, -0.2) is 0 Å². The van der Waals surface area contributed by atoms with Crippen molar-refractivity contribution in [3.8, 4) is 0 Å². The molecule has 1 fully saturated rings. The van der Waals surface area contributed by atoms with Crippen molar-refractivity contribution >= 4 is 23.6 Å². The number of aliphatic carboxylic acids is 1. The maximum absolute atomic E-state index is 12.2. The summed E-state index contributed by atoms with van der Waals surface area (Å²) in [6.45, 7) is 9.48. The highest BCUT2D eigenvalue weighted by Crippen LogP contribution is 2.29. The van der Waals surface area contributed by atoms with E-state index < -0.39 is 11.4 Å². The summed E-state index contributed by atoms with van der Waals surface area (Å²) in [4.78, 5) is 24.8. The molecule has 1 heterocycles. The minimum atomic E-state index is -0.844. The molecule has 0 bridgehead atoms. The van der Waals surface area contributed by atoms with Crippen LogP contribution in [0.25, 0.3) is 0 Å². The number of carboxylic acids is 1. The Balaban J connectivity index is 2.56. The van der Waals surface area contributed by atoms with Crippen molar-refractivity contribution in [2.24, 2.45) is 5.41 Å². The van der Waals surface area contributed by atoms with Gasteiger partial charge in [0.15, 0.2) is 0 Å². The third-order valence-electron chi connectivity index (χ3n) is 3.03. The summed E-state index contributed by atoms with van der Waals surface area (Å²) in [6, 6.07) is 0. The number of rotatable bonds is 4. The molecule has 1 amide bonds. The van der Waals surface area contributed by atoms with Gasteiger partial charge in [0.25, 0.3) is 0 Å². The molecule has 0 spiro atoms. The van der Waals surface area contributed by atoms with E-state index in [2.05, 4.69) is 13.8 Å². The predicted molar refractivity (Wildman–Crippen MR) is 73.7 cm³/mol. The SMILES string of the molecule is CC1CN(C(=O)CC(C)(C)CC(=O)O)CC(C)S1. The lowest BCUT2D eigenvalue weighted by atomic mass is 9.85. The number of carbonyl (C=O) groups is 2. The summed E-state index contributed by atoms with van der Waals surface area (Å²) in [5.74, 6) is -0.760. The number of hydrogen-bond acceptors (Lipinski definition) is 3. The van der Waals surface area contributed by atoms with Crippen LogP contribution in [0.4, 0.5) is 0 Å². The molecular weight excluding hydrogens is 250 g/mol. The molecule has 0 aromatic carbocycles. The molecule has 4 nitrogen and oxygen atoms in total. The zero-order chi connectivity index (χ0) is 13.9. The molecule has 5 heteroatoms. The Labute approximate surface area is 113 Å². The molecule has 1 N–H and O–H groups in total. The van der Waals surface area contributed by atoms with Gasteiger partial charge in [0.05, 0.1) is 6.42 Å². The van der Waals surface area contributed by atoms with Crippen LogP contribution in [0, 0.1) is 5.41 Å². The fourth-order valence-corrected chi connectivity index (χ4v) is 3.70. The fourth-order valence-electron chi connectivity index (χ4n) is 2.37. The van der Waals surface area contributed by atoms with E-state index in [0.717, 1.165) is 13.1 Å². The van der Waals surface area contributed by atoms with E-state index in [0.29, 0.717) is 16.9 Å². The number of thioether (sulfide) groups is 1. The van der Waals surface area contributed by atoms with Crippen LogP contribution in [-0.4, -0.2) is 45.5 Å². The van der Waals surface area contributed by atoms with Gasteiger partial charge >= 0.3 is 5.97 Å². The third kappa shape index (κ3) is 4.88. The molecule has 0 radical (unpaired) electrons. The second kappa shape index (κ2) is 5.95. The zero-order valence-corrected chi connectivity index (χ0v) is 12.4. The first-order valence-corrected chi connectivity index (χ1v) is 7.29. The number of carbonyl (C=O) groups excluding carboxylic acids is 1. The van der Waals surface area contributed by atoms with Crippen LogP contribution < -0.4 is 0 Å². The van der Waals surface area contributed by atoms with Crippen molar-refractivity contribution < 1.29 is 14.7 Å². The lowest BCUT2D eigenvalue weighted by Gasteiger charge is -2.36. The highest BCUT2D eigenvalue weighted by atomic mass is 32.2. The van der Waals surface area contributed by atoms with Crippen molar-refractivity contribution in [3.63, 3.8) is 0 Å². The molecule has 1 rings (SSSR count). The Hall–Kier alpha value is -0.710. The summed E-state index contributed by atoms with van der Waals surface area (Å²) in [5, 5.41) is 9.75. The Morgan fingerprint density at radius 2 is 1.72 bits per heavy atom. The minimum Gasteiger partial charge on any atom is -0.481 e. The van der Waals surface area contributed by atoms with Crippen LogP contribution in [-0.2, 0) is 9.59 Å². The van der Waals surface area contributed by atoms with E-state index in [-0.39, 0.29) is 12.3 Å². The third-order valence-corrected chi connectivity index (χ3v) is 4.26. The van der Waals surface area contributed by atoms with E-state index in [4.69, 9.17) is 5.11 Å². The standard InChI is InChI=1S/C13H23NO3S/c1-9-7-14(8-10(2)18-9)11(15)5-13(3,4)6-12(16)17/h9-10H,5-8H2,1-4H3,(H,16,17). The molecule has 1 aliphatic rings. The first-order valence-electron chi connectivity index (χ1n) is 6.34. The van der Waals surface area contributed by atoms with Crippen LogP contribution >= 0.6 is 11.8 Å². The first-order chi connectivity index (χ1) is 8.19. The molecule has 0 aromatic heterocycles. The fraction of sp³-hybridized carbons (Fsp3) is 0.846. The second-order valence-electron chi connectivity index (χ2n) is 5.97. The van der Waals surface area contributed by atoms with Crippen LogP contribution in [0.5, 0.6) is 0 Å². The van der Waals surface area contributed by atoms with Gasteiger partial charge in [-0.1, -0.05) is 27.7 Å². The van der Waals surface area contributed by atoms with Crippen LogP contribution in [0.1, 0.15) is 40.5 Å². The molecule has 0 aromatic rings.